The summed E-state index contributed by atoms with van der Waals surface area (Å²) in [7, 11) is 0. The topological polar surface area (TPSA) is 111 Å². The normalized spacial score (nSPS) is 11.1. The van der Waals surface area contributed by atoms with E-state index in [-0.39, 0.29) is 5.69 Å². The van der Waals surface area contributed by atoms with Gasteiger partial charge in [0.25, 0.3) is 5.91 Å². The van der Waals surface area contributed by atoms with E-state index in [1.165, 1.54) is 0 Å². The summed E-state index contributed by atoms with van der Waals surface area (Å²) < 4.78 is 0. The van der Waals surface area contributed by atoms with E-state index in [0.717, 1.165) is 52.5 Å². The molecule has 1 amide bonds. The van der Waals surface area contributed by atoms with Crippen molar-refractivity contribution in [2.45, 2.75) is 33.1 Å². The standard InChI is InChI=1S/C18H21N5O/c1-3-4-5-11-8-12(16(19)17(22-11)18(20)24)15-10(2)6-7-14-13(15)9-21-23-14/h6-9H,3-5,19H2,1-2H3,(H2,20,24)(H,21,23). The van der Waals surface area contributed by atoms with Gasteiger partial charge >= 0.3 is 0 Å². The minimum Gasteiger partial charge on any atom is -0.396 e. The number of pyridine rings is 1. The Morgan fingerprint density at radius 3 is 2.83 bits per heavy atom. The molecule has 0 saturated carbocycles. The van der Waals surface area contributed by atoms with Crippen LogP contribution in [0.5, 0.6) is 0 Å². The molecule has 0 atom stereocenters. The lowest BCUT2D eigenvalue weighted by atomic mass is 9.94. The van der Waals surface area contributed by atoms with Crippen molar-refractivity contribution in [3.8, 4) is 11.1 Å². The zero-order valence-electron chi connectivity index (χ0n) is 13.9. The highest BCUT2D eigenvalue weighted by Crippen LogP contribution is 2.36. The number of aryl methyl sites for hydroxylation is 2. The van der Waals surface area contributed by atoms with Crippen molar-refractivity contribution in [1.29, 1.82) is 0 Å². The zero-order chi connectivity index (χ0) is 17.3. The number of nitrogen functional groups attached to an aromatic ring is 1. The predicted octanol–water partition coefficient (Wildman–Crippen LogP) is 2.96. The highest BCUT2D eigenvalue weighted by Gasteiger charge is 2.18. The van der Waals surface area contributed by atoms with Crippen LogP contribution in [0.2, 0.25) is 0 Å². The Morgan fingerprint density at radius 2 is 2.12 bits per heavy atom. The van der Waals surface area contributed by atoms with Gasteiger partial charge in [-0.1, -0.05) is 19.4 Å². The van der Waals surface area contributed by atoms with Gasteiger partial charge in [-0.2, -0.15) is 5.10 Å². The Bertz CT molecular complexity index is 913. The second-order valence-electron chi connectivity index (χ2n) is 5.98. The molecule has 5 N–H and O–H groups in total. The zero-order valence-corrected chi connectivity index (χ0v) is 13.9. The second-order valence-corrected chi connectivity index (χ2v) is 5.98. The second kappa shape index (κ2) is 6.31. The van der Waals surface area contributed by atoms with Crippen LogP contribution in [-0.4, -0.2) is 21.1 Å². The maximum atomic E-state index is 11.8. The van der Waals surface area contributed by atoms with Crippen molar-refractivity contribution in [3.63, 3.8) is 0 Å². The Balaban J connectivity index is 2.29. The van der Waals surface area contributed by atoms with Gasteiger partial charge in [-0.15, -0.1) is 0 Å². The third-order valence-electron chi connectivity index (χ3n) is 4.23. The van der Waals surface area contributed by atoms with Crippen LogP contribution in [0.15, 0.2) is 24.4 Å². The molecular formula is C18H21N5O. The number of H-pyrrole nitrogens is 1. The monoisotopic (exact) mass is 323 g/mol. The molecule has 2 aromatic heterocycles. The van der Waals surface area contributed by atoms with Gasteiger partial charge in [0.2, 0.25) is 0 Å². The van der Waals surface area contributed by atoms with E-state index < -0.39 is 5.91 Å². The Labute approximate surface area is 140 Å². The van der Waals surface area contributed by atoms with Gasteiger partial charge in [-0.05, 0) is 43.0 Å². The number of benzene rings is 1. The van der Waals surface area contributed by atoms with E-state index in [2.05, 4.69) is 22.1 Å². The van der Waals surface area contributed by atoms with E-state index in [1.54, 1.807) is 6.20 Å². The van der Waals surface area contributed by atoms with Crippen LogP contribution in [0, 0.1) is 6.92 Å². The van der Waals surface area contributed by atoms with Gasteiger partial charge in [0, 0.05) is 16.6 Å². The largest absolute Gasteiger partial charge is 0.396 e. The fourth-order valence-corrected chi connectivity index (χ4v) is 2.97. The van der Waals surface area contributed by atoms with Crippen molar-refractivity contribution in [3.05, 3.63) is 41.3 Å². The van der Waals surface area contributed by atoms with Gasteiger partial charge in [0.1, 0.15) is 0 Å². The average Bonchev–Trinajstić information content (AvgIpc) is 3.02. The summed E-state index contributed by atoms with van der Waals surface area (Å²) in [5.41, 5.74) is 16.7. The Morgan fingerprint density at radius 1 is 1.33 bits per heavy atom. The van der Waals surface area contributed by atoms with E-state index in [4.69, 9.17) is 11.5 Å². The van der Waals surface area contributed by atoms with Crippen molar-refractivity contribution < 1.29 is 4.79 Å². The summed E-state index contributed by atoms with van der Waals surface area (Å²) in [6.07, 6.45) is 4.59. The summed E-state index contributed by atoms with van der Waals surface area (Å²) in [6.45, 7) is 4.13. The van der Waals surface area contributed by atoms with Gasteiger partial charge in [0.15, 0.2) is 5.69 Å². The number of aromatic nitrogens is 3. The van der Waals surface area contributed by atoms with Crippen LogP contribution in [-0.2, 0) is 6.42 Å². The van der Waals surface area contributed by atoms with Gasteiger partial charge in [-0.3, -0.25) is 9.89 Å². The number of amides is 1. The summed E-state index contributed by atoms with van der Waals surface area (Å²) >= 11 is 0. The van der Waals surface area contributed by atoms with Crippen molar-refractivity contribution in [2.24, 2.45) is 5.73 Å². The summed E-state index contributed by atoms with van der Waals surface area (Å²) in [5.74, 6) is -0.607. The van der Waals surface area contributed by atoms with Crippen molar-refractivity contribution in [2.75, 3.05) is 5.73 Å². The third kappa shape index (κ3) is 2.71. The first-order valence-electron chi connectivity index (χ1n) is 8.05. The quantitative estimate of drug-likeness (QED) is 0.670. The molecule has 0 aliphatic heterocycles. The van der Waals surface area contributed by atoms with Gasteiger partial charge in [-0.25, -0.2) is 4.98 Å². The number of anilines is 1. The van der Waals surface area contributed by atoms with Gasteiger partial charge in [0.05, 0.1) is 17.4 Å². The van der Waals surface area contributed by atoms with Crippen LogP contribution in [0.25, 0.3) is 22.0 Å². The van der Waals surface area contributed by atoms with Gasteiger partial charge < -0.3 is 11.5 Å². The lowest BCUT2D eigenvalue weighted by Crippen LogP contribution is -2.17. The molecule has 6 nitrogen and oxygen atoms in total. The summed E-state index contributed by atoms with van der Waals surface area (Å²) in [6, 6.07) is 5.95. The molecule has 3 aromatic rings. The molecule has 0 aliphatic carbocycles. The van der Waals surface area contributed by atoms with Crippen LogP contribution in [0.4, 0.5) is 5.69 Å². The smallest absolute Gasteiger partial charge is 0.269 e. The van der Waals surface area contributed by atoms with E-state index >= 15 is 0 Å². The molecule has 0 fully saturated rings. The lowest BCUT2D eigenvalue weighted by Gasteiger charge is -2.14. The Hall–Kier alpha value is -2.89. The number of hydrogen-bond donors (Lipinski definition) is 3. The fourth-order valence-electron chi connectivity index (χ4n) is 2.97. The first-order valence-corrected chi connectivity index (χ1v) is 8.05. The van der Waals surface area contributed by atoms with E-state index in [1.807, 2.05) is 25.1 Å². The lowest BCUT2D eigenvalue weighted by molar-refractivity contribution is 0.0996. The highest BCUT2D eigenvalue weighted by molar-refractivity contribution is 6.04. The molecule has 0 radical (unpaired) electrons. The highest BCUT2D eigenvalue weighted by atomic mass is 16.1. The SMILES string of the molecule is CCCCc1cc(-c2c(C)ccc3[nH]ncc23)c(N)c(C(N)=O)n1. The molecular weight excluding hydrogens is 302 g/mol. The number of nitrogens with two attached hydrogens (primary N) is 2. The number of nitrogens with one attached hydrogen (secondary N) is 1. The molecule has 6 heteroatoms. The summed E-state index contributed by atoms with van der Waals surface area (Å²) in [4.78, 5) is 16.2. The molecule has 124 valence electrons. The molecule has 0 saturated heterocycles. The number of rotatable bonds is 5. The number of carbonyl (C=O) groups excluding carboxylic acids is 1. The molecule has 0 spiro atoms. The number of aromatic amines is 1. The van der Waals surface area contributed by atoms with Crippen LogP contribution >= 0.6 is 0 Å². The minimum atomic E-state index is -0.607. The molecule has 0 unspecified atom stereocenters. The summed E-state index contributed by atoms with van der Waals surface area (Å²) in [5, 5.41) is 8.04. The molecule has 0 aliphatic rings. The number of fused-ring (bicyclic) bond motifs is 1. The maximum absolute atomic E-state index is 11.8. The van der Waals surface area contributed by atoms with E-state index in [9.17, 15) is 4.79 Å². The molecule has 2 heterocycles. The first-order chi connectivity index (χ1) is 11.5. The molecule has 24 heavy (non-hydrogen) atoms. The minimum absolute atomic E-state index is 0.138. The predicted molar refractivity (Wildman–Crippen MR) is 95.6 cm³/mol. The number of hydrogen-bond acceptors (Lipinski definition) is 4. The van der Waals surface area contributed by atoms with Crippen LogP contribution < -0.4 is 11.5 Å². The average molecular weight is 323 g/mol. The number of nitrogens with zero attached hydrogens (tertiary/aromatic N) is 2. The van der Waals surface area contributed by atoms with Crippen molar-refractivity contribution in [1.82, 2.24) is 15.2 Å². The molecule has 1 aromatic carbocycles. The van der Waals surface area contributed by atoms with Crippen LogP contribution in [0.1, 0.15) is 41.5 Å². The number of carbonyl (C=O) groups is 1. The first kappa shape index (κ1) is 16.0. The number of primary amides is 1. The third-order valence-corrected chi connectivity index (χ3v) is 4.23. The molecule has 0 bridgehead atoms. The molecule has 3 rings (SSSR count). The Kier molecular flexibility index (Phi) is 4.20. The number of unbranched alkanes of at least 4 members (excludes halogenated alkanes) is 1. The van der Waals surface area contributed by atoms with E-state index in [0.29, 0.717) is 5.69 Å². The van der Waals surface area contributed by atoms with Crippen LogP contribution in [0.3, 0.4) is 0 Å². The fraction of sp³-hybridized carbons (Fsp3) is 0.278. The van der Waals surface area contributed by atoms with Crippen molar-refractivity contribution >= 4 is 22.5 Å². The maximum Gasteiger partial charge on any atom is 0.269 e.